The Morgan fingerprint density at radius 3 is 2.28 bits per heavy atom. The molecule has 3 rings (SSSR count). The number of rotatable bonds is 7. The molecule has 2 heterocycles. The largest absolute Gasteiger partial charge is 0.379 e. The number of amides is 1. The molecular weight excluding hydrogens is 454 g/mol. The summed E-state index contributed by atoms with van der Waals surface area (Å²) in [6.45, 7) is 7.85. The van der Waals surface area contributed by atoms with Crippen LogP contribution in [0.4, 0.5) is 0 Å². The van der Waals surface area contributed by atoms with Crippen LogP contribution in [0.25, 0.3) is 0 Å². The van der Waals surface area contributed by atoms with Gasteiger partial charge in [-0.1, -0.05) is 6.92 Å². The Kier molecular flexibility index (Phi) is 7.97. The van der Waals surface area contributed by atoms with Crippen LogP contribution in [0.2, 0.25) is 0 Å². The Labute approximate surface area is 191 Å². The van der Waals surface area contributed by atoms with Crippen LogP contribution in [0.3, 0.4) is 0 Å². The first kappa shape index (κ1) is 25.1. The number of aryl methyl sites for hydroxylation is 1. The lowest BCUT2D eigenvalue weighted by molar-refractivity contribution is 0.0730. The molecule has 0 saturated carbocycles. The number of hydrogen-bond donors (Lipinski definition) is 1. The van der Waals surface area contributed by atoms with Crippen LogP contribution < -0.4 is 5.32 Å². The molecule has 0 aliphatic carbocycles. The number of sulfonamides is 2. The first-order chi connectivity index (χ1) is 15.0. The van der Waals surface area contributed by atoms with E-state index in [1.807, 2.05) is 0 Å². The van der Waals surface area contributed by atoms with Gasteiger partial charge in [0.25, 0.3) is 5.91 Å². The Hall–Kier alpha value is -1.53. The summed E-state index contributed by atoms with van der Waals surface area (Å²) in [5.41, 5.74) is 1.53. The maximum atomic E-state index is 13.3. The standard InChI is InChI=1S/C21H33N3O6S2/c1-16-4-7-24(8-5-16)32(28,29)20-15-19(14-17(2)18(20)3)21(25)22-6-13-31(26,27)23-9-11-30-12-10-23/h14-16H,4-13H2,1-3H3,(H,22,25). The second-order valence-corrected chi connectivity index (χ2v) is 12.6. The second-order valence-electron chi connectivity index (χ2n) is 8.59. The Morgan fingerprint density at radius 1 is 1.03 bits per heavy atom. The number of carbonyl (C=O) groups excluding carboxylic acids is 1. The summed E-state index contributed by atoms with van der Waals surface area (Å²) >= 11 is 0. The summed E-state index contributed by atoms with van der Waals surface area (Å²) in [6, 6.07) is 3.04. The third-order valence-electron chi connectivity index (χ3n) is 6.25. The summed E-state index contributed by atoms with van der Waals surface area (Å²) in [5.74, 6) is -0.218. The number of ether oxygens (including phenoxy) is 1. The van der Waals surface area contributed by atoms with Crippen molar-refractivity contribution >= 4 is 26.0 Å². The van der Waals surface area contributed by atoms with Crippen molar-refractivity contribution in [2.45, 2.75) is 38.5 Å². The minimum atomic E-state index is -3.71. The van der Waals surface area contributed by atoms with E-state index in [4.69, 9.17) is 4.74 Å². The summed E-state index contributed by atoms with van der Waals surface area (Å²) in [5, 5.41) is 2.62. The van der Waals surface area contributed by atoms with E-state index < -0.39 is 26.0 Å². The molecule has 2 aliphatic heterocycles. The fourth-order valence-electron chi connectivity index (χ4n) is 3.94. The van der Waals surface area contributed by atoms with Gasteiger partial charge in [0.1, 0.15) is 0 Å². The van der Waals surface area contributed by atoms with Gasteiger partial charge in [-0.05, 0) is 55.9 Å². The van der Waals surface area contributed by atoms with Gasteiger partial charge in [0.15, 0.2) is 0 Å². The molecule has 11 heteroatoms. The smallest absolute Gasteiger partial charge is 0.251 e. The minimum Gasteiger partial charge on any atom is -0.379 e. The first-order valence-electron chi connectivity index (χ1n) is 11.0. The number of piperidine rings is 1. The molecule has 2 fully saturated rings. The average Bonchev–Trinajstić information content (AvgIpc) is 2.76. The Morgan fingerprint density at radius 2 is 1.66 bits per heavy atom. The lowest BCUT2D eigenvalue weighted by atomic mass is 10.0. The molecule has 32 heavy (non-hydrogen) atoms. The van der Waals surface area contributed by atoms with E-state index in [1.165, 1.54) is 14.7 Å². The monoisotopic (exact) mass is 487 g/mol. The molecule has 1 amide bonds. The van der Waals surface area contributed by atoms with E-state index in [-0.39, 0.29) is 22.8 Å². The van der Waals surface area contributed by atoms with Crippen LogP contribution in [0, 0.1) is 19.8 Å². The van der Waals surface area contributed by atoms with Crippen molar-refractivity contribution in [1.82, 2.24) is 13.9 Å². The molecule has 2 saturated heterocycles. The minimum absolute atomic E-state index is 0.0580. The number of benzene rings is 1. The van der Waals surface area contributed by atoms with Crippen LogP contribution >= 0.6 is 0 Å². The van der Waals surface area contributed by atoms with Gasteiger partial charge < -0.3 is 10.1 Å². The fourth-order valence-corrected chi connectivity index (χ4v) is 7.06. The fraction of sp³-hybridized carbons (Fsp3) is 0.667. The molecule has 0 radical (unpaired) electrons. The highest BCUT2D eigenvalue weighted by Gasteiger charge is 2.30. The molecule has 180 valence electrons. The zero-order valence-electron chi connectivity index (χ0n) is 19.0. The zero-order valence-corrected chi connectivity index (χ0v) is 20.6. The lowest BCUT2D eigenvalue weighted by Crippen LogP contribution is -2.43. The third-order valence-corrected chi connectivity index (χ3v) is 10.1. The van der Waals surface area contributed by atoms with Gasteiger partial charge >= 0.3 is 0 Å². The van der Waals surface area contributed by atoms with Crippen LogP contribution in [0.15, 0.2) is 17.0 Å². The summed E-state index contributed by atoms with van der Waals surface area (Å²) in [4.78, 5) is 12.9. The summed E-state index contributed by atoms with van der Waals surface area (Å²) in [7, 11) is -7.20. The van der Waals surface area contributed by atoms with Crippen LogP contribution in [-0.4, -0.2) is 83.0 Å². The molecule has 0 bridgehead atoms. The summed E-state index contributed by atoms with van der Waals surface area (Å²) < 4.78 is 59.4. The third kappa shape index (κ3) is 5.69. The number of morpholine rings is 1. The molecule has 2 aliphatic rings. The van der Waals surface area contributed by atoms with Gasteiger partial charge in [0.2, 0.25) is 20.0 Å². The van der Waals surface area contributed by atoms with Crippen LogP contribution in [-0.2, 0) is 24.8 Å². The highest BCUT2D eigenvalue weighted by atomic mass is 32.2. The molecule has 1 aromatic carbocycles. The molecule has 1 aromatic rings. The highest BCUT2D eigenvalue weighted by Crippen LogP contribution is 2.28. The Balaban J connectivity index is 1.71. The molecule has 0 aromatic heterocycles. The quantitative estimate of drug-likeness (QED) is 0.617. The van der Waals surface area contributed by atoms with Crippen molar-refractivity contribution in [3.8, 4) is 0 Å². The normalized spacial score (nSPS) is 19.7. The predicted molar refractivity (Wildman–Crippen MR) is 122 cm³/mol. The van der Waals surface area contributed by atoms with Crippen molar-refractivity contribution in [2.24, 2.45) is 5.92 Å². The first-order valence-corrected chi connectivity index (χ1v) is 14.0. The van der Waals surface area contributed by atoms with Crippen molar-refractivity contribution in [3.63, 3.8) is 0 Å². The zero-order chi connectivity index (χ0) is 23.5. The van der Waals surface area contributed by atoms with E-state index in [1.54, 1.807) is 19.9 Å². The molecule has 1 N–H and O–H groups in total. The van der Waals surface area contributed by atoms with E-state index >= 15 is 0 Å². The van der Waals surface area contributed by atoms with Crippen molar-refractivity contribution < 1.29 is 26.4 Å². The van der Waals surface area contributed by atoms with Crippen molar-refractivity contribution in [2.75, 3.05) is 51.7 Å². The van der Waals surface area contributed by atoms with Gasteiger partial charge in [0, 0.05) is 38.3 Å². The molecule has 9 nitrogen and oxygen atoms in total. The lowest BCUT2D eigenvalue weighted by Gasteiger charge is -2.30. The van der Waals surface area contributed by atoms with E-state index in [0.29, 0.717) is 56.4 Å². The van der Waals surface area contributed by atoms with Gasteiger partial charge in [-0.25, -0.2) is 16.8 Å². The average molecular weight is 488 g/mol. The van der Waals surface area contributed by atoms with Crippen molar-refractivity contribution in [1.29, 1.82) is 0 Å². The van der Waals surface area contributed by atoms with Crippen LogP contribution in [0.5, 0.6) is 0 Å². The van der Waals surface area contributed by atoms with E-state index in [0.717, 1.165) is 12.8 Å². The molecule has 0 unspecified atom stereocenters. The van der Waals surface area contributed by atoms with Crippen LogP contribution in [0.1, 0.15) is 41.3 Å². The van der Waals surface area contributed by atoms with Gasteiger partial charge in [-0.3, -0.25) is 4.79 Å². The number of nitrogens with one attached hydrogen (secondary N) is 1. The van der Waals surface area contributed by atoms with E-state index in [2.05, 4.69) is 12.2 Å². The summed E-state index contributed by atoms with van der Waals surface area (Å²) in [6.07, 6.45) is 1.63. The maximum absolute atomic E-state index is 13.3. The number of hydrogen-bond acceptors (Lipinski definition) is 6. The van der Waals surface area contributed by atoms with Gasteiger partial charge in [0.05, 0.1) is 23.9 Å². The SMILES string of the molecule is Cc1cc(C(=O)NCCS(=O)(=O)N2CCOCC2)cc(S(=O)(=O)N2CCC(C)CC2)c1C. The maximum Gasteiger partial charge on any atom is 0.251 e. The predicted octanol–water partition coefficient (Wildman–Crippen LogP) is 1.12. The Bertz CT molecular complexity index is 1040. The number of nitrogens with zero attached hydrogens (tertiary/aromatic N) is 2. The molecule has 0 spiro atoms. The second kappa shape index (κ2) is 10.2. The van der Waals surface area contributed by atoms with Gasteiger partial charge in [-0.2, -0.15) is 8.61 Å². The van der Waals surface area contributed by atoms with Crippen molar-refractivity contribution in [3.05, 3.63) is 28.8 Å². The molecular formula is C21H33N3O6S2. The topological polar surface area (TPSA) is 113 Å². The van der Waals surface area contributed by atoms with E-state index in [9.17, 15) is 21.6 Å². The molecule has 0 atom stereocenters. The van der Waals surface area contributed by atoms with Gasteiger partial charge in [-0.15, -0.1) is 0 Å². The highest BCUT2D eigenvalue weighted by molar-refractivity contribution is 7.89. The number of carbonyl (C=O) groups is 1.